The van der Waals surface area contributed by atoms with Crippen LogP contribution in [0.3, 0.4) is 0 Å². The van der Waals surface area contributed by atoms with Crippen molar-refractivity contribution in [1.82, 2.24) is 0 Å². The molecule has 4 rings (SSSR count). The third kappa shape index (κ3) is 3.71. The lowest BCUT2D eigenvalue weighted by molar-refractivity contribution is -0.132. The van der Waals surface area contributed by atoms with Crippen molar-refractivity contribution < 1.29 is 28.2 Å². The molecule has 1 amide bonds. The molecule has 0 saturated carbocycles. The van der Waals surface area contributed by atoms with Gasteiger partial charge in [0.15, 0.2) is 0 Å². The number of methoxy groups -OCH3 is 1. The molecular weight excluding hydrogens is 440 g/mol. The molecule has 1 fully saturated rings. The summed E-state index contributed by atoms with van der Waals surface area (Å²) in [6, 6.07) is 13.6. The van der Waals surface area contributed by atoms with Crippen LogP contribution in [-0.2, 0) is 9.59 Å². The van der Waals surface area contributed by atoms with E-state index < -0.39 is 35.1 Å². The summed E-state index contributed by atoms with van der Waals surface area (Å²) >= 11 is 6.07. The van der Waals surface area contributed by atoms with Crippen LogP contribution in [0, 0.1) is 11.6 Å². The van der Waals surface area contributed by atoms with Gasteiger partial charge in [0, 0.05) is 10.7 Å². The minimum atomic E-state index is -1.14. The zero-order valence-electron chi connectivity index (χ0n) is 16.7. The average molecular weight is 456 g/mol. The first-order valence-electron chi connectivity index (χ1n) is 9.47. The van der Waals surface area contributed by atoms with Crippen LogP contribution < -0.4 is 9.64 Å². The molecule has 8 heteroatoms. The van der Waals surface area contributed by atoms with Gasteiger partial charge in [-0.15, -0.1) is 0 Å². The lowest BCUT2D eigenvalue weighted by Crippen LogP contribution is -2.29. The molecule has 1 saturated heterocycles. The fraction of sp³-hybridized carbons (Fsp3) is 0.0833. The molecule has 0 aliphatic carbocycles. The summed E-state index contributed by atoms with van der Waals surface area (Å²) in [5, 5.41) is 11.4. The Balaban J connectivity index is 1.99. The molecule has 0 bridgehead atoms. The van der Waals surface area contributed by atoms with E-state index in [1.54, 1.807) is 6.07 Å². The van der Waals surface area contributed by atoms with Crippen molar-refractivity contribution in [3.8, 4) is 5.75 Å². The smallest absolute Gasteiger partial charge is 0.300 e. The first kappa shape index (κ1) is 21.5. The lowest BCUT2D eigenvalue weighted by atomic mass is 9.94. The molecule has 1 atom stereocenters. The minimum absolute atomic E-state index is 0.101. The van der Waals surface area contributed by atoms with Crippen LogP contribution in [0.5, 0.6) is 5.75 Å². The Labute approximate surface area is 187 Å². The maximum absolute atomic E-state index is 13.9. The van der Waals surface area contributed by atoms with Crippen molar-refractivity contribution in [1.29, 1.82) is 0 Å². The summed E-state index contributed by atoms with van der Waals surface area (Å²) in [6.07, 6.45) is 0. The second-order valence-electron chi connectivity index (χ2n) is 7.05. The number of benzene rings is 3. The van der Waals surface area contributed by atoms with Crippen LogP contribution in [0.1, 0.15) is 17.2 Å². The highest BCUT2D eigenvalue weighted by atomic mass is 35.5. The van der Waals surface area contributed by atoms with Gasteiger partial charge in [-0.3, -0.25) is 14.5 Å². The third-order valence-electron chi connectivity index (χ3n) is 5.13. The monoisotopic (exact) mass is 455 g/mol. The number of rotatable bonds is 4. The van der Waals surface area contributed by atoms with E-state index in [1.807, 2.05) is 0 Å². The normalized spacial score (nSPS) is 17.6. The number of nitrogens with zero attached hydrogens (tertiary/aromatic N) is 1. The van der Waals surface area contributed by atoms with Crippen LogP contribution in [0.25, 0.3) is 5.76 Å². The number of ether oxygens (including phenoxy) is 1. The predicted octanol–water partition coefficient (Wildman–Crippen LogP) is 5.25. The number of halogens is 3. The maximum Gasteiger partial charge on any atom is 0.300 e. The van der Waals surface area contributed by atoms with Crippen molar-refractivity contribution in [2.45, 2.75) is 6.04 Å². The molecule has 1 aliphatic rings. The molecule has 162 valence electrons. The largest absolute Gasteiger partial charge is 0.507 e. The van der Waals surface area contributed by atoms with Gasteiger partial charge >= 0.3 is 0 Å². The number of amides is 1. The fourth-order valence-corrected chi connectivity index (χ4v) is 3.87. The molecule has 0 aromatic heterocycles. The fourth-order valence-electron chi connectivity index (χ4n) is 3.70. The van der Waals surface area contributed by atoms with Crippen molar-refractivity contribution in [3.63, 3.8) is 0 Å². The van der Waals surface area contributed by atoms with E-state index in [4.69, 9.17) is 16.3 Å². The first-order valence-corrected chi connectivity index (χ1v) is 9.85. The number of carbonyl (C=O) groups excluding carboxylic acids is 2. The highest BCUT2D eigenvalue weighted by Crippen LogP contribution is 2.43. The highest BCUT2D eigenvalue weighted by Gasteiger charge is 2.47. The van der Waals surface area contributed by atoms with Gasteiger partial charge in [-0.25, -0.2) is 8.78 Å². The molecule has 1 unspecified atom stereocenters. The van der Waals surface area contributed by atoms with Gasteiger partial charge in [0.1, 0.15) is 23.1 Å². The van der Waals surface area contributed by atoms with E-state index in [0.717, 1.165) is 11.0 Å². The molecule has 0 spiro atoms. The van der Waals surface area contributed by atoms with E-state index >= 15 is 0 Å². The molecule has 3 aromatic carbocycles. The minimum Gasteiger partial charge on any atom is -0.507 e. The maximum atomic E-state index is 13.9. The van der Waals surface area contributed by atoms with Crippen LogP contribution in [-0.4, -0.2) is 23.9 Å². The van der Waals surface area contributed by atoms with Crippen molar-refractivity contribution >= 4 is 34.7 Å². The number of anilines is 1. The van der Waals surface area contributed by atoms with Crippen LogP contribution in [0.2, 0.25) is 5.02 Å². The first-order chi connectivity index (χ1) is 15.3. The number of aliphatic hydroxyl groups excluding tert-OH is 1. The van der Waals surface area contributed by atoms with Crippen molar-refractivity contribution in [2.24, 2.45) is 0 Å². The van der Waals surface area contributed by atoms with Gasteiger partial charge < -0.3 is 9.84 Å². The van der Waals surface area contributed by atoms with Gasteiger partial charge in [-0.05, 0) is 54.1 Å². The molecule has 1 heterocycles. The van der Waals surface area contributed by atoms with E-state index in [9.17, 15) is 23.5 Å². The Morgan fingerprint density at radius 2 is 1.72 bits per heavy atom. The average Bonchev–Trinajstić information content (AvgIpc) is 3.04. The zero-order chi connectivity index (χ0) is 23.0. The topological polar surface area (TPSA) is 66.8 Å². The molecule has 1 aliphatic heterocycles. The van der Waals surface area contributed by atoms with Gasteiger partial charge in [0.25, 0.3) is 11.7 Å². The number of hydrogen-bond acceptors (Lipinski definition) is 4. The molecule has 3 aromatic rings. The van der Waals surface area contributed by atoms with E-state index in [1.165, 1.54) is 61.7 Å². The van der Waals surface area contributed by atoms with Crippen LogP contribution in [0.4, 0.5) is 14.5 Å². The van der Waals surface area contributed by atoms with Gasteiger partial charge in [-0.2, -0.15) is 0 Å². The zero-order valence-corrected chi connectivity index (χ0v) is 17.4. The Bertz CT molecular complexity index is 1260. The number of hydrogen-bond donors (Lipinski definition) is 1. The highest BCUT2D eigenvalue weighted by molar-refractivity contribution is 6.51. The summed E-state index contributed by atoms with van der Waals surface area (Å²) in [6.45, 7) is 0. The number of aliphatic hydroxyl groups is 1. The molecule has 0 radical (unpaired) electrons. The molecule has 5 nitrogen and oxygen atoms in total. The van der Waals surface area contributed by atoms with Gasteiger partial charge in [-0.1, -0.05) is 29.8 Å². The number of Topliss-reactive ketones (excluding diaryl/α,β-unsaturated/α-hetero) is 1. The Morgan fingerprint density at radius 3 is 2.38 bits per heavy atom. The summed E-state index contributed by atoms with van der Waals surface area (Å²) in [7, 11) is 1.38. The summed E-state index contributed by atoms with van der Waals surface area (Å²) in [5.74, 6) is -3.38. The van der Waals surface area contributed by atoms with Gasteiger partial charge in [0.05, 0.1) is 24.3 Å². The second-order valence-corrected chi connectivity index (χ2v) is 7.48. The standard InChI is InChI=1S/C24H16ClF2NO4/c1-32-19-10-7-14(25)11-18(19)22(29)20-21(13-5-8-15(26)9-6-13)28(24(31)23(20)30)17-4-2-3-16(27)12-17/h2-12,21,29H,1H3/b22-20+. The quantitative estimate of drug-likeness (QED) is 0.331. The number of carbonyl (C=O) groups is 2. The second kappa shape index (κ2) is 8.43. The van der Waals surface area contributed by atoms with E-state index in [2.05, 4.69) is 0 Å². The Kier molecular flexibility index (Phi) is 5.67. The Morgan fingerprint density at radius 1 is 1.00 bits per heavy atom. The third-order valence-corrected chi connectivity index (χ3v) is 5.37. The van der Waals surface area contributed by atoms with Crippen molar-refractivity contribution in [3.05, 3.63) is 100 Å². The van der Waals surface area contributed by atoms with Crippen LogP contribution >= 0.6 is 11.6 Å². The predicted molar refractivity (Wildman–Crippen MR) is 116 cm³/mol. The number of ketones is 1. The molecule has 1 N–H and O–H groups in total. The van der Waals surface area contributed by atoms with Gasteiger partial charge in [0.2, 0.25) is 0 Å². The summed E-state index contributed by atoms with van der Waals surface area (Å²) < 4.78 is 32.8. The van der Waals surface area contributed by atoms with Crippen LogP contribution in [0.15, 0.2) is 72.3 Å². The Hall–Kier alpha value is -3.71. The van der Waals surface area contributed by atoms with E-state index in [-0.39, 0.29) is 27.6 Å². The van der Waals surface area contributed by atoms with E-state index in [0.29, 0.717) is 5.56 Å². The summed E-state index contributed by atoms with van der Waals surface area (Å²) in [5.41, 5.74) is 0.298. The van der Waals surface area contributed by atoms with Crippen molar-refractivity contribution in [2.75, 3.05) is 12.0 Å². The molecule has 32 heavy (non-hydrogen) atoms. The lowest BCUT2D eigenvalue weighted by Gasteiger charge is -2.25. The summed E-state index contributed by atoms with van der Waals surface area (Å²) in [4.78, 5) is 27.2. The molecular formula is C24H16ClF2NO4. The SMILES string of the molecule is COc1ccc(Cl)cc1/C(O)=C1\C(=O)C(=O)N(c2cccc(F)c2)C1c1ccc(F)cc1.